The summed E-state index contributed by atoms with van der Waals surface area (Å²) in [4.78, 5) is 24.7. The normalized spacial score (nSPS) is 17.8. The van der Waals surface area contributed by atoms with Gasteiger partial charge in [0.05, 0.1) is 6.61 Å². The lowest BCUT2D eigenvalue weighted by molar-refractivity contribution is -0.159. The Morgan fingerprint density at radius 3 is 2.41 bits per heavy atom. The van der Waals surface area contributed by atoms with Crippen LogP contribution in [0, 0.1) is 5.92 Å². The molecule has 1 fully saturated rings. The maximum Gasteiger partial charge on any atom is 0.344 e. The van der Waals surface area contributed by atoms with E-state index >= 15 is 0 Å². The van der Waals surface area contributed by atoms with E-state index in [4.69, 9.17) is 4.74 Å². The molecule has 0 unspecified atom stereocenters. The molecule has 0 bridgehead atoms. The number of likely N-dealkylation sites (tertiary alicyclic amines) is 1. The van der Waals surface area contributed by atoms with Crippen molar-refractivity contribution in [2.75, 3.05) is 33.4 Å². The second-order valence-corrected chi connectivity index (χ2v) is 4.42. The Morgan fingerprint density at radius 2 is 1.82 bits per heavy atom. The zero-order valence-corrected chi connectivity index (χ0v) is 10.6. The first kappa shape index (κ1) is 14.0. The summed E-state index contributed by atoms with van der Waals surface area (Å²) >= 11 is 0. The third-order valence-corrected chi connectivity index (χ3v) is 2.95. The topological polar surface area (TPSA) is 55.8 Å². The van der Waals surface area contributed by atoms with Crippen molar-refractivity contribution in [3.8, 4) is 0 Å². The fraction of sp³-hybridized carbons (Fsp3) is 0.833. The molecular formula is C12H21NO4. The molecule has 0 aromatic carbocycles. The largest absolute Gasteiger partial charge is 0.463 e. The number of hydrogen-bond donors (Lipinski definition) is 0. The van der Waals surface area contributed by atoms with Crippen LogP contribution in [0.4, 0.5) is 0 Å². The average Bonchev–Trinajstić information content (AvgIpc) is 2.30. The van der Waals surface area contributed by atoms with Gasteiger partial charge in [-0.25, -0.2) is 4.79 Å². The highest BCUT2D eigenvalue weighted by atomic mass is 16.6. The summed E-state index contributed by atoms with van der Waals surface area (Å²) in [6.45, 7) is 3.81. The highest BCUT2D eigenvalue weighted by Crippen LogP contribution is 2.19. The molecule has 5 heteroatoms. The smallest absolute Gasteiger partial charge is 0.344 e. The van der Waals surface area contributed by atoms with Gasteiger partial charge in [-0.3, -0.25) is 4.79 Å². The van der Waals surface area contributed by atoms with Crippen molar-refractivity contribution in [2.24, 2.45) is 5.92 Å². The van der Waals surface area contributed by atoms with Crippen LogP contribution in [0.5, 0.6) is 0 Å². The van der Waals surface area contributed by atoms with Crippen molar-refractivity contribution in [3.63, 3.8) is 0 Å². The van der Waals surface area contributed by atoms with Crippen LogP contribution in [-0.4, -0.2) is 50.2 Å². The molecule has 0 aromatic heterocycles. The van der Waals surface area contributed by atoms with E-state index in [1.807, 2.05) is 0 Å². The van der Waals surface area contributed by atoms with Gasteiger partial charge < -0.3 is 14.4 Å². The minimum absolute atomic E-state index is 0.265. The number of piperidine rings is 1. The lowest BCUT2D eigenvalue weighted by atomic mass is 9.94. The van der Waals surface area contributed by atoms with E-state index < -0.39 is 5.97 Å². The van der Waals surface area contributed by atoms with Crippen LogP contribution < -0.4 is 0 Å². The number of nitrogens with zero attached hydrogens (tertiary/aromatic N) is 1. The van der Waals surface area contributed by atoms with Crippen LogP contribution in [0.3, 0.4) is 0 Å². The molecule has 1 aliphatic rings. The van der Waals surface area contributed by atoms with E-state index in [0.717, 1.165) is 25.9 Å². The Bertz CT molecular complexity index is 259. The van der Waals surface area contributed by atoms with Crippen LogP contribution >= 0.6 is 0 Å². The van der Waals surface area contributed by atoms with E-state index in [1.165, 1.54) is 0 Å². The van der Waals surface area contributed by atoms with Gasteiger partial charge in [-0.05, 0) is 45.8 Å². The molecule has 1 saturated heterocycles. The summed E-state index contributed by atoms with van der Waals surface area (Å²) in [6.07, 6.45) is 2.45. The highest BCUT2D eigenvalue weighted by Gasteiger charge is 2.20. The monoisotopic (exact) mass is 243 g/mol. The number of hydrogen-bond acceptors (Lipinski definition) is 5. The van der Waals surface area contributed by atoms with Gasteiger partial charge in [-0.1, -0.05) is 0 Å². The Balaban J connectivity index is 2.14. The molecule has 0 aromatic rings. The van der Waals surface area contributed by atoms with Crippen LogP contribution in [0.25, 0.3) is 0 Å². The first-order valence-electron chi connectivity index (χ1n) is 6.11. The van der Waals surface area contributed by atoms with Gasteiger partial charge in [-0.2, -0.15) is 0 Å². The summed E-state index contributed by atoms with van der Waals surface area (Å²) in [7, 11) is 2.08. The van der Waals surface area contributed by atoms with Gasteiger partial charge in [0.1, 0.15) is 0 Å². The van der Waals surface area contributed by atoms with E-state index in [2.05, 4.69) is 16.7 Å². The third-order valence-electron chi connectivity index (χ3n) is 2.95. The lowest BCUT2D eigenvalue weighted by Gasteiger charge is -2.28. The Labute approximate surface area is 102 Å². The van der Waals surface area contributed by atoms with Crippen molar-refractivity contribution in [1.82, 2.24) is 4.90 Å². The van der Waals surface area contributed by atoms with Crippen molar-refractivity contribution < 1.29 is 19.1 Å². The standard InChI is InChI=1S/C12H21NO4/c1-3-16-12(15)9-17-11(14)8-10-4-6-13(2)7-5-10/h10H,3-9H2,1-2H3. The molecule has 1 rings (SSSR count). The summed E-state index contributed by atoms with van der Waals surface area (Å²) < 4.78 is 9.53. The van der Waals surface area contributed by atoms with Gasteiger partial charge >= 0.3 is 11.9 Å². The second kappa shape index (κ2) is 7.27. The quantitative estimate of drug-likeness (QED) is 0.669. The summed E-state index contributed by atoms with van der Waals surface area (Å²) in [5.41, 5.74) is 0. The highest BCUT2D eigenvalue weighted by molar-refractivity contribution is 5.76. The summed E-state index contributed by atoms with van der Waals surface area (Å²) in [5, 5.41) is 0. The lowest BCUT2D eigenvalue weighted by Crippen LogP contribution is -2.31. The minimum atomic E-state index is -0.482. The molecule has 0 spiro atoms. The zero-order valence-electron chi connectivity index (χ0n) is 10.6. The SMILES string of the molecule is CCOC(=O)COC(=O)CC1CCN(C)CC1. The Hall–Kier alpha value is -1.10. The van der Waals surface area contributed by atoms with Crippen molar-refractivity contribution in [2.45, 2.75) is 26.2 Å². The number of rotatable bonds is 5. The molecule has 0 radical (unpaired) electrons. The number of esters is 2. The predicted octanol–water partition coefficient (Wildman–Crippen LogP) is 0.825. The van der Waals surface area contributed by atoms with E-state index in [1.54, 1.807) is 6.92 Å². The van der Waals surface area contributed by atoms with E-state index in [9.17, 15) is 9.59 Å². The van der Waals surface area contributed by atoms with E-state index in [-0.39, 0.29) is 12.6 Å². The molecule has 0 aliphatic carbocycles. The Kier molecular flexibility index (Phi) is 5.97. The first-order valence-corrected chi connectivity index (χ1v) is 6.11. The first-order chi connectivity index (χ1) is 8.11. The molecule has 5 nitrogen and oxygen atoms in total. The van der Waals surface area contributed by atoms with Gasteiger partial charge in [0.2, 0.25) is 0 Å². The van der Waals surface area contributed by atoms with Gasteiger partial charge in [0.25, 0.3) is 0 Å². The Morgan fingerprint density at radius 1 is 1.18 bits per heavy atom. The molecule has 1 aliphatic heterocycles. The molecule has 17 heavy (non-hydrogen) atoms. The van der Waals surface area contributed by atoms with Gasteiger partial charge in [-0.15, -0.1) is 0 Å². The van der Waals surface area contributed by atoms with Crippen molar-refractivity contribution >= 4 is 11.9 Å². The molecule has 0 atom stereocenters. The molecule has 0 saturated carbocycles. The zero-order chi connectivity index (χ0) is 12.7. The second-order valence-electron chi connectivity index (χ2n) is 4.42. The van der Waals surface area contributed by atoms with Crippen LogP contribution in [0.2, 0.25) is 0 Å². The van der Waals surface area contributed by atoms with Crippen LogP contribution in [0.15, 0.2) is 0 Å². The average molecular weight is 243 g/mol. The fourth-order valence-corrected chi connectivity index (χ4v) is 1.90. The molecule has 1 heterocycles. The molecule has 0 N–H and O–H groups in total. The number of carbonyl (C=O) groups excluding carboxylic acids is 2. The number of carbonyl (C=O) groups is 2. The van der Waals surface area contributed by atoms with Gasteiger partial charge in [0, 0.05) is 6.42 Å². The van der Waals surface area contributed by atoms with Gasteiger partial charge in [0.15, 0.2) is 6.61 Å². The molecule has 98 valence electrons. The van der Waals surface area contributed by atoms with Crippen LogP contribution in [0.1, 0.15) is 26.2 Å². The van der Waals surface area contributed by atoms with Crippen LogP contribution in [-0.2, 0) is 19.1 Å². The predicted molar refractivity (Wildman–Crippen MR) is 62.4 cm³/mol. The summed E-state index contributed by atoms with van der Waals surface area (Å²) in [5.74, 6) is -0.391. The maximum atomic E-state index is 11.5. The third kappa shape index (κ3) is 5.68. The maximum absolute atomic E-state index is 11.5. The fourth-order valence-electron chi connectivity index (χ4n) is 1.90. The van der Waals surface area contributed by atoms with Crippen molar-refractivity contribution in [3.05, 3.63) is 0 Å². The summed E-state index contributed by atoms with van der Waals surface area (Å²) in [6, 6.07) is 0. The molecular weight excluding hydrogens is 222 g/mol. The number of ether oxygens (including phenoxy) is 2. The minimum Gasteiger partial charge on any atom is -0.463 e. The molecule has 0 amide bonds. The van der Waals surface area contributed by atoms with E-state index in [0.29, 0.717) is 18.9 Å². The van der Waals surface area contributed by atoms with Crippen molar-refractivity contribution in [1.29, 1.82) is 0 Å².